The number of fused-ring (bicyclic) bond motifs is 1. The molecule has 0 atom stereocenters. The maximum Gasteiger partial charge on any atom is 0.105 e. The van der Waals surface area contributed by atoms with Crippen LogP contribution in [0.4, 0.5) is 0 Å². The molecule has 0 radical (unpaired) electrons. The highest BCUT2D eigenvalue weighted by Crippen LogP contribution is 2.27. The molecule has 4 rings (SSSR count). The highest BCUT2D eigenvalue weighted by atomic mass is 35.5. The summed E-state index contributed by atoms with van der Waals surface area (Å²) in [6.07, 6.45) is 5.58. The standard InChI is InChI=1S/C17H14N4S.ClH/c1-12-18-5-6-21(12)11-16-9-15(10-19-20-16)13-2-3-17-14(8-13)4-7-22-17;/h2-10H,11H2,1H3;1H. The zero-order chi connectivity index (χ0) is 14.9. The minimum Gasteiger partial charge on any atom is -0.329 e. The van der Waals surface area contributed by atoms with Crippen molar-refractivity contribution in [2.45, 2.75) is 13.5 Å². The number of aromatic nitrogens is 4. The fraction of sp³-hybridized carbons (Fsp3) is 0.118. The number of imidazole rings is 1. The largest absolute Gasteiger partial charge is 0.329 e. The molecule has 23 heavy (non-hydrogen) atoms. The Morgan fingerprint density at radius 1 is 1.13 bits per heavy atom. The first kappa shape index (κ1) is 15.6. The van der Waals surface area contributed by atoms with E-state index in [1.807, 2.05) is 19.3 Å². The molecule has 3 heterocycles. The van der Waals surface area contributed by atoms with E-state index >= 15 is 0 Å². The molecule has 0 bridgehead atoms. The second-order valence-corrected chi connectivity index (χ2v) is 6.16. The molecule has 1 aromatic carbocycles. The molecule has 4 aromatic rings. The van der Waals surface area contributed by atoms with Crippen molar-refractivity contribution in [3.8, 4) is 11.1 Å². The molecule has 0 spiro atoms. The Balaban J connectivity index is 0.00000156. The minimum absolute atomic E-state index is 0. The van der Waals surface area contributed by atoms with E-state index < -0.39 is 0 Å². The predicted octanol–water partition coefficient (Wildman–Crippen LogP) is 4.33. The van der Waals surface area contributed by atoms with Gasteiger partial charge in [0.25, 0.3) is 0 Å². The molecule has 6 heteroatoms. The Kier molecular flexibility index (Phi) is 4.41. The lowest BCUT2D eigenvalue weighted by molar-refractivity contribution is 0.727. The van der Waals surface area contributed by atoms with Gasteiger partial charge in [-0.05, 0) is 47.5 Å². The van der Waals surface area contributed by atoms with Crippen molar-refractivity contribution in [2.75, 3.05) is 0 Å². The topological polar surface area (TPSA) is 43.6 Å². The van der Waals surface area contributed by atoms with Crippen molar-refractivity contribution in [2.24, 2.45) is 0 Å². The van der Waals surface area contributed by atoms with Gasteiger partial charge in [-0.1, -0.05) is 6.07 Å². The van der Waals surface area contributed by atoms with Gasteiger partial charge in [0.15, 0.2) is 0 Å². The summed E-state index contributed by atoms with van der Waals surface area (Å²) in [6.45, 7) is 2.68. The summed E-state index contributed by atoms with van der Waals surface area (Å²) in [6, 6.07) is 10.8. The molecule has 3 aromatic heterocycles. The normalized spacial score (nSPS) is 10.7. The maximum absolute atomic E-state index is 4.24. The molecule has 0 fully saturated rings. The Morgan fingerprint density at radius 2 is 2.04 bits per heavy atom. The third-order valence-electron chi connectivity index (χ3n) is 3.75. The molecule has 0 saturated carbocycles. The minimum atomic E-state index is 0. The van der Waals surface area contributed by atoms with Crippen LogP contribution in [0.15, 0.2) is 54.3 Å². The smallest absolute Gasteiger partial charge is 0.105 e. The van der Waals surface area contributed by atoms with Crippen LogP contribution in [-0.2, 0) is 6.54 Å². The summed E-state index contributed by atoms with van der Waals surface area (Å²) in [5, 5.41) is 11.8. The molecular weight excluding hydrogens is 328 g/mol. The summed E-state index contributed by atoms with van der Waals surface area (Å²) in [5.74, 6) is 0.979. The number of halogens is 1. The van der Waals surface area contributed by atoms with Crippen molar-refractivity contribution >= 4 is 33.8 Å². The van der Waals surface area contributed by atoms with Gasteiger partial charge in [-0.2, -0.15) is 10.2 Å². The molecule has 0 N–H and O–H groups in total. The van der Waals surface area contributed by atoms with E-state index in [1.165, 1.54) is 15.6 Å². The molecule has 0 unspecified atom stereocenters. The fourth-order valence-electron chi connectivity index (χ4n) is 2.54. The number of thiophene rings is 1. The van der Waals surface area contributed by atoms with Gasteiger partial charge in [0.1, 0.15) is 5.82 Å². The second-order valence-electron chi connectivity index (χ2n) is 5.21. The Morgan fingerprint density at radius 3 is 2.87 bits per heavy atom. The van der Waals surface area contributed by atoms with Crippen LogP contribution in [0.3, 0.4) is 0 Å². The van der Waals surface area contributed by atoms with Gasteiger partial charge >= 0.3 is 0 Å². The van der Waals surface area contributed by atoms with Crippen LogP contribution in [0.5, 0.6) is 0 Å². The molecule has 0 aliphatic carbocycles. The monoisotopic (exact) mass is 342 g/mol. The summed E-state index contributed by atoms with van der Waals surface area (Å²) in [7, 11) is 0. The van der Waals surface area contributed by atoms with Crippen LogP contribution in [0, 0.1) is 6.92 Å². The van der Waals surface area contributed by atoms with Crippen molar-refractivity contribution in [3.63, 3.8) is 0 Å². The van der Waals surface area contributed by atoms with Crippen molar-refractivity contribution in [1.29, 1.82) is 0 Å². The van der Waals surface area contributed by atoms with E-state index in [9.17, 15) is 0 Å². The number of hydrogen-bond acceptors (Lipinski definition) is 4. The molecule has 116 valence electrons. The summed E-state index contributed by atoms with van der Waals surface area (Å²) < 4.78 is 3.37. The quantitative estimate of drug-likeness (QED) is 0.556. The van der Waals surface area contributed by atoms with Gasteiger partial charge in [0, 0.05) is 22.7 Å². The van der Waals surface area contributed by atoms with E-state index in [1.54, 1.807) is 17.5 Å². The lowest BCUT2D eigenvalue weighted by Crippen LogP contribution is -2.04. The first-order valence-electron chi connectivity index (χ1n) is 7.06. The van der Waals surface area contributed by atoms with Crippen LogP contribution in [0.2, 0.25) is 0 Å². The van der Waals surface area contributed by atoms with Gasteiger partial charge in [-0.3, -0.25) is 0 Å². The number of hydrogen-bond donors (Lipinski definition) is 0. The Bertz CT molecular complexity index is 944. The molecule has 0 saturated heterocycles. The number of nitrogens with zero attached hydrogens (tertiary/aromatic N) is 4. The summed E-state index contributed by atoms with van der Waals surface area (Å²) >= 11 is 1.76. The van der Waals surface area contributed by atoms with Gasteiger partial charge in [0.05, 0.1) is 18.4 Å². The van der Waals surface area contributed by atoms with Gasteiger partial charge in [-0.15, -0.1) is 23.7 Å². The van der Waals surface area contributed by atoms with Gasteiger partial charge < -0.3 is 4.57 Å². The van der Waals surface area contributed by atoms with Crippen LogP contribution in [0.1, 0.15) is 11.5 Å². The zero-order valence-corrected chi connectivity index (χ0v) is 14.1. The first-order chi connectivity index (χ1) is 10.8. The molecule has 4 nitrogen and oxygen atoms in total. The third kappa shape index (κ3) is 3.11. The molecular formula is C17H15ClN4S. The number of aryl methyl sites for hydroxylation is 1. The van der Waals surface area contributed by atoms with Gasteiger partial charge in [0.2, 0.25) is 0 Å². The second kappa shape index (κ2) is 6.48. The molecule has 0 aliphatic heterocycles. The molecule has 0 amide bonds. The Hall–Kier alpha value is -2.24. The highest BCUT2D eigenvalue weighted by Gasteiger charge is 2.05. The third-order valence-corrected chi connectivity index (χ3v) is 4.64. The SMILES string of the molecule is Cc1nccn1Cc1cc(-c2ccc3sccc3c2)cnn1.Cl. The van der Waals surface area contributed by atoms with E-state index in [0.29, 0.717) is 6.54 Å². The van der Waals surface area contributed by atoms with Crippen molar-refractivity contribution in [3.05, 3.63) is 65.8 Å². The van der Waals surface area contributed by atoms with E-state index in [0.717, 1.165) is 17.1 Å². The van der Waals surface area contributed by atoms with E-state index in [4.69, 9.17) is 0 Å². The lowest BCUT2D eigenvalue weighted by Gasteiger charge is -2.06. The van der Waals surface area contributed by atoms with Crippen LogP contribution in [-0.4, -0.2) is 19.7 Å². The first-order valence-corrected chi connectivity index (χ1v) is 7.94. The van der Waals surface area contributed by atoms with Crippen molar-refractivity contribution in [1.82, 2.24) is 19.7 Å². The fourth-order valence-corrected chi connectivity index (χ4v) is 3.31. The Labute approximate surface area is 144 Å². The van der Waals surface area contributed by atoms with E-state index in [-0.39, 0.29) is 12.4 Å². The zero-order valence-electron chi connectivity index (χ0n) is 12.5. The number of benzene rings is 1. The van der Waals surface area contributed by atoms with Crippen LogP contribution < -0.4 is 0 Å². The molecule has 0 aliphatic rings. The highest BCUT2D eigenvalue weighted by molar-refractivity contribution is 7.17. The average Bonchev–Trinajstić information content (AvgIpc) is 3.16. The summed E-state index contributed by atoms with van der Waals surface area (Å²) in [4.78, 5) is 4.24. The summed E-state index contributed by atoms with van der Waals surface area (Å²) in [5.41, 5.74) is 3.20. The predicted molar refractivity (Wildman–Crippen MR) is 96.2 cm³/mol. The van der Waals surface area contributed by atoms with Crippen LogP contribution >= 0.6 is 23.7 Å². The number of rotatable bonds is 3. The lowest BCUT2D eigenvalue weighted by atomic mass is 10.1. The average molecular weight is 343 g/mol. The van der Waals surface area contributed by atoms with Crippen LogP contribution in [0.25, 0.3) is 21.2 Å². The van der Waals surface area contributed by atoms with Gasteiger partial charge in [-0.25, -0.2) is 4.98 Å². The maximum atomic E-state index is 4.24. The van der Waals surface area contributed by atoms with Crippen molar-refractivity contribution < 1.29 is 0 Å². The van der Waals surface area contributed by atoms with E-state index in [2.05, 4.69) is 55.5 Å².